The highest BCUT2D eigenvalue weighted by Crippen LogP contribution is 1.89. The van der Waals surface area contributed by atoms with Crippen molar-refractivity contribution in [3.63, 3.8) is 0 Å². The van der Waals surface area contributed by atoms with Crippen LogP contribution in [-0.2, 0) is 9.47 Å². The van der Waals surface area contributed by atoms with Gasteiger partial charge < -0.3 is 73.4 Å². The SMILES string of the molecule is C1CO1.N.NCCCCCO.NCCO.O.OCCO.OCCO.OCCOCCO. The maximum Gasteiger partial charge on any atom is 0.0701 e. The maximum absolute atomic E-state index is 8.25. The van der Waals surface area contributed by atoms with E-state index in [-0.39, 0.29) is 57.9 Å². The van der Waals surface area contributed by atoms with Crippen molar-refractivity contribution in [3.8, 4) is 0 Å². The van der Waals surface area contributed by atoms with Crippen molar-refractivity contribution in [2.24, 2.45) is 11.5 Å². The Labute approximate surface area is 185 Å². The average molecular weight is 474 g/mol. The highest BCUT2D eigenvalue weighted by atomic mass is 16.6. The Morgan fingerprint density at radius 1 is 0.548 bits per heavy atom. The molecule has 1 rings (SSSR count). The molecule has 0 unspecified atom stereocenters. The zero-order valence-electron chi connectivity index (χ0n) is 18.8. The van der Waals surface area contributed by atoms with Crippen molar-refractivity contribution in [2.45, 2.75) is 19.3 Å². The minimum absolute atomic E-state index is 0. The summed E-state index contributed by atoms with van der Waals surface area (Å²) in [5.74, 6) is 0. The van der Waals surface area contributed by atoms with E-state index in [2.05, 4.69) is 9.47 Å². The van der Waals surface area contributed by atoms with Crippen LogP contribution in [0.2, 0.25) is 0 Å². The maximum atomic E-state index is 8.25. The summed E-state index contributed by atoms with van der Waals surface area (Å²) in [6.45, 7) is 3.72. The third kappa shape index (κ3) is 169. The summed E-state index contributed by atoms with van der Waals surface area (Å²) < 4.78 is 9.13. The van der Waals surface area contributed by atoms with Gasteiger partial charge in [-0.05, 0) is 25.8 Å². The van der Waals surface area contributed by atoms with E-state index in [1.54, 1.807) is 0 Å². The van der Waals surface area contributed by atoms with E-state index in [0.29, 0.717) is 26.4 Å². The van der Waals surface area contributed by atoms with Gasteiger partial charge in [-0.15, -0.1) is 0 Å². The fourth-order valence-corrected chi connectivity index (χ4v) is 0.664. The van der Waals surface area contributed by atoms with Crippen LogP contribution in [0.4, 0.5) is 0 Å². The Bertz CT molecular complexity index is 164. The summed E-state index contributed by atoms with van der Waals surface area (Å²) in [6.07, 6.45) is 3.00. The lowest BCUT2D eigenvalue weighted by Crippen LogP contribution is -2.03. The Balaban J connectivity index is -0.0000000451. The van der Waals surface area contributed by atoms with Crippen LogP contribution in [0.5, 0.6) is 0 Å². The number of ether oxygens (including phenoxy) is 2. The predicted octanol–water partition coefficient (Wildman–Crippen LogP) is -4.67. The number of epoxide rings is 1. The summed E-state index contributed by atoms with van der Waals surface area (Å²) in [7, 11) is 0. The molecule has 1 aliphatic heterocycles. The first kappa shape index (κ1) is 48.0. The van der Waals surface area contributed by atoms with Gasteiger partial charge in [-0.3, -0.25) is 0 Å². The second-order valence-corrected chi connectivity index (χ2v) is 4.65. The molecule has 0 radical (unpaired) electrons. The monoisotopic (exact) mass is 473 g/mol. The molecule has 17 N–H and O–H groups in total. The van der Waals surface area contributed by atoms with Crippen molar-refractivity contribution in [1.82, 2.24) is 6.15 Å². The van der Waals surface area contributed by atoms with Crippen LogP contribution in [0.1, 0.15) is 19.3 Å². The smallest absolute Gasteiger partial charge is 0.0701 e. The zero-order valence-corrected chi connectivity index (χ0v) is 18.8. The molecule has 0 atom stereocenters. The number of aliphatic hydroxyl groups is 8. The van der Waals surface area contributed by atoms with Gasteiger partial charge in [0.2, 0.25) is 0 Å². The van der Waals surface area contributed by atoms with Gasteiger partial charge in [0.1, 0.15) is 0 Å². The first-order valence-corrected chi connectivity index (χ1v) is 9.50. The van der Waals surface area contributed by atoms with Gasteiger partial charge in [0.25, 0.3) is 0 Å². The molecule has 0 spiro atoms. The Morgan fingerprint density at radius 2 is 0.903 bits per heavy atom. The third-order valence-electron chi connectivity index (χ3n) is 1.87. The van der Waals surface area contributed by atoms with E-state index in [1.165, 1.54) is 0 Å². The Morgan fingerprint density at radius 3 is 1.06 bits per heavy atom. The van der Waals surface area contributed by atoms with Gasteiger partial charge in [-0.1, -0.05) is 0 Å². The van der Waals surface area contributed by atoms with Gasteiger partial charge in [0.05, 0.1) is 72.7 Å². The molecule has 1 aliphatic rings. The van der Waals surface area contributed by atoms with E-state index in [4.69, 9.17) is 52.3 Å². The fraction of sp³-hybridized carbons (Fsp3) is 1.00. The molecule has 0 saturated carbocycles. The van der Waals surface area contributed by atoms with Gasteiger partial charge in [0.15, 0.2) is 0 Å². The van der Waals surface area contributed by atoms with Gasteiger partial charge in [-0.2, -0.15) is 0 Å². The molecule has 1 saturated heterocycles. The number of aliphatic hydroxyl groups excluding tert-OH is 8. The molecule has 0 aromatic carbocycles. The van der Waals surface area contributed by atoms with Gasteiger partial charge in [0, 0.05) is 13.2 Å². The summed E-state index contributed by atoms with van der Waals surface area (Å²) >= 11 is 0. The normalized spacial score (nSPS) is 9.48. The molecule has 1 fully saturated rings. The number of nitrogens with two attached hydrogens (primary N) is 2. The largest absolute Gasteiger partial charge is 0.412 e. The highest BCUT2D eigenvalue weighted by molar-refractivity contribution is 4.38. The molecule has 0 aromatic rings. The quantitative estimate of drug-likeness (QED) is 0.0993. The molecule has 31 heavy (non-hydrogen) atoms. The lowest BCUT2D eigenvalue weighted by molar-refractivity contribution is 0.0650. The molecule has 0 bridgehead atoms. The number of hydrogen-bond donors (Lipinski definition) is 11. The van der Waals surface area contributed by atoms with Crippen molar-refractivity contribution in [1.29, 1.82) is 0 Å². The van der Waals surface area contributed by atoms with Crippen molar-refractivity contribution >= 4 is 0 Å². The first-order chi connectivity index (χ1) is 14.1. The zero-order chi connectivity index (χ0) is 23.4. The van der Waals surface area contributed by atoms with Gasteiger partial charge in [-0.25, -0.2) is 0 Å². The molecule has 1 heterocycles. The standard InChI is InChI=1S/C5H13NO.C4H10O3.C2H7NO.2C2H6O2.C2H4O.H3N.H2O/c6-4-2-1-3-5-7;5-1-3-7-4-2-6;3*3-1-2-4;1-2-3-1;;/h7H,1-6H2;5-6H,1-4H2;4H,1-3H2;2*3-4H,1-2H2;1-2H2;1H3;1H2. The molecule has 14 nitrogen and oxygen atoms in total. The summed E-state index contributed by atoms with van der Waals surface area (Å²) in [4.78, 5) is 0. The van der Waals surface area contributed by atoms with E-state index in [0.717, 1.165) is 39.0 Å². The van der Waals surface area contributed by atoms with Crippen LogP contribution in [0, 0.1) is 0 Å². The molecule has 14 heteroatoms. The van der Waals surface area contributed by atoms with Crippen molar-refractivity contribution < 1.29 is 55.8 Å². The van der Waals surface area contributed by atoms with E-state index < -0.39 is 0 Å². The van der Waals surface area contributed by atoms with Crippen LogP contribution < -0.4 is 17.6 Å². The fourth-order valence-electron chi connectivity index (χ4n) is 0.664. The van der Waals surface area contributed by atoms with Crippen LogP contribution in [0.3, 0.4) is 0 Å². The van der Waals surface area contributed by atoms with Crippen LogP contribution >= 0.6 is 0 Å². The lowest BCUT2D eigenvalue weighted by Gasteiger charge is -1.94. The third-order valence-corrected chi connectivity index (χ3v) is 1.87. The second-order valence-electron chi connectivity index (χ2n) is 4.65. The van der Waals surface area contributed by atoms with E-state index >= 15 is 0 Å². The van der Waals surface area contributed by atoms with Gasteiger partial charge >= 0.3 is 0 Å². The minimum atomic E-state index is -0.125. The second kappa shape index (κ2) is 70.0. The number of rotatable bonds is 11. The minimum Gasteiger partial charge on any atom is -0.412 e. The Hall–Kier alpha value is -0.560. The number of hydrogen-bond acceptors (Lipinski definition) is 13. The summed E-state index contributed by atoms with van der Waals surface area (Å²) in [6, 6.07) is 0. The number of unbranched alkanes of at least 4 members (excludes halogenated alkanes) is 2. The van der Waals surface area contributed by atoms with Crippen molar-refractivity contribution in [3.05, 3.63) is 0 Å². The van der Waals surface area contributed by atoms with E-state index in [1.807, 2.05) is 0 Å². The first-order valence-electron chi connectivity index (χ1n) is 9.50. The highest BCUT2D eigenvalue weighted by Gasteiger charge is 1.94. The topological polar surface area (TPSA) is 302 Å². The van der Waals surface area contributed by atoms with Crippen LogP contribution in [0.15, 0.2) is 0 Å². The summed E-state index contributed by atoms with van der Waals surface area (Å²) in [5.41, 5.74) is 9.97. The molecule has 0 amide bonds. The van der Waals surface area contributed by atoms with Crippen LogP contribution in [0.25, 0.3) is 0 Å². The van der Waals surface area contributed by atoms with Crippen LogP contribution in [-0.4, -0.2) is 139 Å². The van der Waals surface area contributed by atoms with E-state index in [9.17, 15) is 0 Å². The molecule has 200 valence electrons. The molecule has 0 aliphatic carbocycles. The lowest BCUT2D eigenvalue weighted by atomic mass is 10.2. The van der Waals surface area contributed by atoms with Crippen molar-refractivity contribution in [2.75, 3.05) is 92.4 Å². The predicted molar refractivity (Wildman–Crippen MR) is 119 cm³/mol. The summed E-state index contributed by atoms with van der Waals surface area (Å²) in [5, 5.41) is 62.7. The molecular weight excluding hydrogens is 422 g/mol. The average Bonchev–Trinajstić information content (AvgIpc) is 3.65. The molecule has 0 aromatic heterocycles. The Kier molecular flexibility index (Phi) is 108. The molecular formula is C17H51N3O11.